The van der Waals surface area contributed by atoms with E-state index < -0.39 is 35.0 Å². The molecule has 0 saturated carbocycles. The fraction of sp³-hybridized carbons (Fsp3) is 0.133. The van der Waals surface area contributed by atoms with Gasteiger partial charge in [-0.05, 0) is 24.6 Å². The lowest BCUT2D eigenvalue weighted by Crippen LogP contribution is -2.20. The number of nitrogens with two attached hydrogens (primary N) is 1. The van der Waals surface area contributed by atoms with Crippen LogP contribution in [0, 0.1) is 17.5 Å². The lowest BCUT2D eigenvalue weighted by atomic mass is 10.00. The van der Waals surface area contributed by atoms with Crippen LogP contribution in [0.5, 0.6) is 0 Å². The van der Waals surface area contributed by atoms with Gasteiger partial charge in [-0.1, -0.05) is 12.1 Å². The molecule has 21 heavy (non-hydrogen) atoms. The minimum absolute atomic E-state index is 0.385. The van der Waals surface area contributed by atoms with Crippen LogP contribution >= 0.6 is 0 Å². The van der Waals surface area contributed by atoms with Crippen molar-refractivity contribution in [1.29, 1.82) is 0 Å². The van der Waals surface area contributed by atoms with E-state index in [4.69, 9.17) is 5.73 Å². The minimum atomic E-state index is -1.31. The molecule has 0 heterocycles. The van der Waals surface area contributed by atoms with E-state index in [1.807, 2.05) is 0 Å². The molecule has 2 rings (SSSR count). The van der Waals surface area contributed by atoms with Gasteiger partial charge in [-0.15, -0.1) is 0 Å². The predicted molar refractivity (Wildman–Crippen MR) is 74.2 cm³/mol. The first-order chi connectivity index (χ1) is 9.88. The molecule has 0 spiro atoms. The zero-order valence-corrected chi connectivity index (χ0v) is 11.2. The van der Waals surface area contributed by atoms with Gasteiger partial charge in [-0.25, -0.2) is 13.2 Å². The van der Waals surface area contributed by atoms with E-state index in [9.17, 15) is 18.0 Å². The summed E-state index contributed by atoms with van der Waals surface area (Å²) in [5.74, 6) is -4.76. The van der Waals surface area contributed by atoms with Crippen molar-refractivity contribution in [2.24, 2.45) is 0 Å². The molecule has 2 aromatic carbocycles. The van der Waals surface area contributed by atoms with E-state index in [0.29, 0.717) is 23.4 Å². The summed E-state index contributed by atoms with van der Waals surface area (Å²) in [4.78, 5) is 12.0. The maximum Gasteiger partial charge on any atom is 0.231 e. The van der Waals surface area contributed by atoms with Crippen molar-refractivity contribution in [1.82, 2.24) is 0 Å². The molecule has 1 unspecified atom stereocenters. The Morgan fingerprint density at radius 3 is 2.43 bits per heavy atom. The Hall–Kier alpha value is -2.50. The van der Waals surface area contributed by atoms with Gasteiger partial charge >= 0.3 is 0 Å². The molecule has 0 fully saturated rings. The maximum absolute atomic E-state index is 13.5. The summed E-state index contributed by atoms with van der Waals surface area (Å²) < 4.78 is 39.4. The van der Waals surface area contributed by atoms with E-state index in [-0.39, 0.29) is 0 Å². The quantitative estimate of drug-likeness (QED) is 0.673. The van der Waals surface area contributed by atoms with Gasteiger partial charge in [-0.2, -0.15) is 0 Å². The molecule has 6 heteroatoms. The molecular formula is C15H13F3N2O. The maximum atomic E-state index is 13.5. The fourth-order valence-corrected chi connectivity index (χ4v) is 1.84. The Balaban J connectivity index is 2.20. The average molecular weight is 294 g/mol. The molecule has 0 radical (unpaired) electrons. The predicted octanol–water partition coefficient (Wildman–Crippen LogP) is 3.43. The van der Waals surface area contributed by atoms with Crippen molar-refractivity contribution in [2.75, 3.05) is 11.1 Å². The van der Waals surface area contributed by atoms with Crippen LogP contribution in [0.1, 0.15) is 18.4 Å². The summed E-state index contributed by atoms with van der Waals surface area (Å²) in [5.41, 5.74) is 6.35. The van der Waals surface area contributed by atoms with Gasteiger partial charge in [0.1, 0.15) is 5.82 Å². The van der Waals surface area contributed by atoms with E-state index in [1.54, 1.807) is 31.2 Å². The molecule has 0 aliphatic rings. The Kier molecular flexibility index (Phi) is 4.16. The summed E-state index contributed by atoms with van der Waals surface area (Å²) in [6, 6.07) is 7.66. The topological polar surface area (TPSA) is 55.1 Å². The fourth-order valence-electron chi connectivity index (χ4n) is 1.84. The van der Waals surface area contributed by atoms with Crippen LogP contribution in [0.3, 0.4) is 0 Å². The lowest BCUT2D eigenvalue weighted by molar-refractivity contribution is -0.117. The standard InChI is InChI=1S/C15H13F3N2O/c1-8(9-3-2-4-10(19)5-9)15(21)20-14-7-12(17)11(16)6-13(14)18/h2-8H,19H2,1H3,(H,20,21). The van der Waals surface area contributed by atoms with Crippen LogP contribution in [0.25, 0.3) is 0 Å². The van der Waals surface area contributed by atoms with Crippen LogP contribution in [0.2, 0.25) is 0 Å². The Labute approximate surface area is 119 Å². The van der Waals surface area contributed by atoms with Gasteiger partial charge in [0.05, 0.1) is 11.6 Å². The van der Waals surface area contributed by atoms with Crippen LogP contribution in [0.4, 0.5) is 24.5 Å². The number of halogens is 3. The summed E-state index contributed by atoms with van der Waals surface area (Å²) in [6.45, 7) is 1.60. The zero-order valence-electron chi connectivity index (χ0n) is 11.2. The van der Waals surface area contributed by atoms with E-state index in [0.717, 1.165) is 0 Å². The number of carbonyl (C=O) groups is 1. The van der Waals surface area contributed by atoms with Crippen molar-refractivity contribution in [3.8, 4) is 0 Å². The second kappa shape index (κ2) is 5.87. The van der Waals surface area contributed by atoms with E-state index >= 15 is 0 Å². The third-order valence-electron chi connectivity index (χ3n) is 3.07. The van der Waals surface area contributed by atoms with Crippen LogP contribution in [-0.4, -0.2) is 5.91 Å². The van der Waals surface area contributed by atoms with Gasteiger partial charge < -0.3 is 11.1 Å². The summed E-state index contributed by atoms with van der Waals surface area (Å²) in [5, 5.41) is 2.23. The summed E-state index contributed by atoms with van der Waals surface area (Å²) in [6.07, 6.45) is 0. The third-order valence-corrected chi connectivity index (χ3v) is 3.07. The summed E-state index contributed by atoms with van der Waals surface area (Å²) in [7, 11) is 0. The van der Waals surface area contributed by atoms with Gasteiger partial charge in [-0.3, -0.25) is 4.79 Å². The number of nitrogen functional groups attached to an aromatic ring is 1. The number of benzene rings is 2. The third kappa shape index (κ3) is 3.34. The smallest absolute Gasteiger partial charge is 0.231 e. The number of hydrogen-bond donors (Lipinski definition) is 2. The van der Waals surface area contributed by atoms with Crippen LogP contribution in [0.15, 0.2) is 36.4 Å². The highest BCUT2D eigenvalue weighted by Crippen LogP contribution is 2.22. The normalized spacial score (nSPS) is 12.0. The molecule has 0 saturated heterocycles. The van der Waals surface area contributed by atoms with Gasteiger partial charge in [0.25, 0.3) is 0 Å². The molecule has 3 N–H and O–H groups in total. The number of hydrogen-bond acceptors (Lipinski definition) is 2. The highest BCUT2D eigenvalue weighted by Gasteiger charge is 2.18. The monoisotopic (exact) mass is 294 g/mol. The lowest BCUT2D eigenvalue weighted by Gasteiger charge is -2.13. The number of amides is 1. The number of anilines is 2. The van der Waals surface area contributed by atoms with Crippen LogP contribution < -0.4 is 11.1 Å². The first kappa shape index (κ1) is 14.9. The zero-order chi connectivity index (χ0) is 15.6. The molecule has 1 atom stereocenters. The highest BCUT2D eigenvalue weighted by molar-refractivity contribution is 5.95. The number of carbonyl (C=O) groups excluding carboxylic acids is 1. The van der Waals surface area contributed by atoms with Crippen molar-refractivity contribution >= 4 is 17.3 Å². The number of rotatable bonds is 3. The van der Waals surface area contributed by atoms with Crippen molar-refractivity contribution < 1.29 is 18.0 Å². The van der Waals surface area contributed by atoms with Crippen molar-refractivity contribution in [3.63, 3.8) is 0 Å². The summed E-state index contributed by atoms with van der Waals surface area (Å²) >= 11 is 0. The van der Waals surface area contributed by atoms with Gasteiger partial charge in [0.15, 0.2) is 11.6 Å². The molecule has 3 nitrogen and oxygen atoms in total. The SMILES string of the molecule is CC(C(=O)Nc1cc(F)c(F)cc1F)c1cccc(N)c1. The van der Waals surface area contributed by atoms with Crippen molar-refractivity contribution in [3.05, 3.63) is 59.4 Å². The molecule has 0 aliphatic heterocycles. The second-order valence-corrected chi connectivity index (χ2v) is 4.63. The second-order valence-electron chi connectivity index (χ2n) is 4.63. The van der Waals surface area contributed by atoms with E-state index in [2.05, 4.69) is 5.32 Å². The van der Waals surface area contributed by atoms with Crippen molar-refractivity contribution in [2.45, 2.75) is 12.8 Å². The molecule has 1 amide bonds. The first-order valence-electron chi connectivity index (χ1n) is 6.19. The molecule has 2 aromatic rings. The molecular weight excluding hydrogens is 281 g/mol. The minimum Gasteiger partial charge on any atom is -0.399 e. The molecule has 110 valence electrons. The van der Waals surface area contributed by atoms with E-state index in [1.165, 1.54) is 0 Å². The molecule has 0 bridgehead atoms. The Bertz CT molecular complexity index is 689. The largest absolute Gasteiger partial charge is 0.399 e. The molecule has 0 aliphatic carbocycles. The van der Waals surface area contributed by atoms with Crippen LogP contribution in [-0.2, 0) is 4.79 Å². The van der Waals surface area contributed by atoms with Gasteiger partial charge in [0.2, 0.25) is 5.91 Å². The highest BCUT2D eigenvalue weighted by atomic mass is 19.2. The molecule has 0 aromatic heterocycles. The Morgan fingerprint density at radius 2 is 1.76 bits per heavy atom. The average Bonchev–Trinajstić information content (AvgIpc) is 2.43. The van der Waals surface area contributed by atoms with Gasteiger partial charge in [0, 0.05) is 17.8 Å². The number of nitrogens with one attached hydrogen (secondary N) is 1. The first-order valence-corrected chi connectivity index (χ1v) is 6.19. The Morgan fingerprint density at radius 1 is 1.10 bits per heavy atom.